The molecule has 0 aliphatic carbocycles. The number of amides is 1. The van der Waals surface area contributed by atoms with Gasteiger partial charge in [-0.2, -0.15) is 0 Å². The maximum absolute atomic E-state index is 12.2. The van der Waals surface area contributed by atoms with E-state index in [1.807, 2.05) is 30.3 Å². The highest BCUT2D eigenvalue weighted by molar-refractivity contribution is 7.88. The summed E-state index contributed by atoms with van der Waals surface area (Å²) in [6, 6.07) is 8.04. The molecular weight excluding hydrogens is 334 g/mol. The van der Waals surface area contributed by atoms with Gasteiger partial charge in [-0.25, -0.2) is 17.9 Å². The molecule has 10 heteroatoms. The fourth-order valence-corrected chi connectivity index (χ4v) is 3.29. The number of benzene rings is 1. The van der Waals surface area contributed by atoms with Crippen molar-refractivity contribution in [3.8, 4) is 0 Å². The number of likely N-dealkylation sites (tertiary alicyclic amines) is 1. The first-order valence-electron chi connectivity index (χ1n) is 7.36. The van der Waals surface area contributed by atoms with Gasteiger partial charge in [0.1, 0.15) is 6.61 Å². The van der Waals surface area contributed by atoms with Crippen molar-refractivity contribution >= 4 is 16.1 Å². The Hall–Kier alpha value is -2.29. The second-order valence-electron chi connectivity index (χ2n) is 5.54. The lowest BCUT2D eigenvalue weighted by Gasteiger charge is -2.35. The number of ether oxygens (including phenoxy) is 1. The summed E-state index contributed by atoms with van der Waals surface area (Å²) >= 11 is 0. The lowest BCUT2D eigenvalue weighted by atomic mass is 10.0. The lowest BCUT2D eigenvalue weighted by Crippen LogP contribution is -2.55. The van der Waals surface area contributed by atoms with E-state index < -0.39 is 28.2 Å². The number of carbonyl (C=O) groups is 1. The molecule has 2 unspecified atom stereocenters. The number of piperidine rings is 1. The Morgan fingerprint density at radius 3 is 2.79 bits per heavy atom. The van der Waals surface area contributed by atoms with E-state index in [9.17, 15) is 13.2 Å². The van der Waals surface area contributed by atoms with Crippen LogP contribution in [0.25, 0.3) is 10.4 Å². The van der Waals surface area contributed by atoms with Gasteiger partial charge in [0.2, 0.25) is 10.0 Å². The predicted octanol–water partition coefficient (Wildman–Crippen LogP) is 1.63. The van der Waals surface area contributed by atoms with Crippen LogP contribution in [0.5, 0.6) is 0 Å². The van der Waals surface area contributed by atoms with Gasteiger partial charge in [-0.1, -0.05) is 35.4 Å². The summed E-state index contributed by atoms with van der Waals surface area (Å²) < 4.78 is 30.6. The van der Waals surface area contributed by atoms with Gasteiger partial charge in [0.05, 0.1) is 12.3 Å². The Labute approximate surface area is 140 Å². The highest BCUT2D eigenvalue weighted by Crippen LogP contribution is 2.17. The molecule has 0 saturated carbocycles. The Kier molecular flexibility index (Phi) is 6.02. The molecule has 0 spiro atoms. The molecule has 130 valence electrons. The van der Waals surface area contributed by atoms with Gasteiger partial charge in [0, 0.05) is 24.0 Å². The number of hydrogen-bond donors (Lipinski definition) is 1. The van der Waals surface area contributed by atoms with Crippen LogP contribution in [0.1, 0.15) is 12.0 Å². The Morgan fingerprint density at radius 2 is 2.17 bits per heavy atom. The van der Waals surface area contributed by atoms with Crippen LogP contribution in [-0.2, 0) is 21.4 Å². The second kappa shape index (κ2) is 8.00. The van der Waals surface area contributed by atoms with Crippen molar-refractivity contribution in [3.05, 3.63) is 46.3 Å². The largest absolute Gasteiger partial charge is 0.445 e. The van der Waals surface area contributed by atoms with Gasteiger partial charge >= 0.3 is 6.09 Å². The molecular formula is C14H19N5O4S. The molecule has 1 aliphatic rings. The molecule has 1 heterocycles. The molecule has 1 fully saturated rings. The van der Waals surface area contributed by atoms with Crippen molar-refractivity contribution in [1.29, 1.82) is 0 Å². The number of sulfonamides is 1. The Morgan fingerprint density at radius 1 is 1.46 bits per heavy atom. The third kappa shape index (κ3) is 5.41. The monoisotopic (exact) mass is 353 g/mol. The third-order valence-corrected chi connectivity index (χ3v) is 4.34. The minimum absolute atomic E-state index is 0.0877. The van der Waals surface area contributed by atoms with E-state index in [-0.39, 0.29) is 13.2 Å². The summed E-state index contributed by atoms with van der Waals surface area (Å²) in [4.78, 5) is 16.3. The number of carbonyl (C=O) groups excluding carboxylic acids is 1. The van der Waals surface area contributed by atoms with Crippen molar-refractivity contribution in [2.24, 2.45) is 5.11 Å². The van der Waals surface area contributed by atoms with E-state index in [1.165, 1.54) is 4.90 Å². The zero-order valence-corrected chi connectivity index (χ0v) is 14.0. The van der Waals surface area contributed by atoms with Gasteiger partial charge in [-0.3, -0.25) is 0 Å². The van der Waals surface area contributed by atoms with Gasteiger partial charge in [-0.15, -0.1) is 0 Å². The van der Waals surface area contributed by atoms with E-state index in [1.54, 1.807) is 0 Å². The van der Waals surface area contributed by atoms with Gasteiger partial charge in [0.25, 0.3) is 0 Å². The normalized spacial score (nSPS) is 21.0. The topological polar surface area (TPSA) is 124 Å². The van der Waals surface area contributed by atoms with Gasteiger partial charge in [-0.05, 0) is 17.5 Å². The maximum atomic E-state index is 12.2. The summed E-state index contributed by atoms with van der Waals surface area (Å²) in [6.07, 6.45) is 0.850. The van der Waals surface area contributed by atoms with E-state index in [0.717, 1.165) is 11.8 Å². The average Bonchev–Trinajstić information content (AvgIpc) is 2.54. The van der Waals surface area contributed by atoms with Crippen molar-refractivity contribution in [1.82, 2.24) is 9.62 Å². The summed E-state index contributed by atoms with van der Waals surface area (Å²) in [5.74, 6) is 0. The first kappa shape index (κ1) is 18.1. The summed E-state index contributed by atoms with van der Waals surface area (Å²) in [5, 5.41) is 3.61. The fourth-order valence-electron chi connectivity index (χ4n) is 2.51. The van der Waals surface area contributed by atoms with E-state index >= 15 is 0 Å². The van der Waals surface area contributed by atoms with E-state index in [0.29, 0.717) is 13.0 Å². The highest BCUT2D eigenvalue weighted by atomic mass is 32.2. The minimum atomic E-state index is -3.49. The summed E-state index contributed by atoms with van der Waals surface area (Å²) in [5.41, 5.74) is 9.46. The first-order chi connectivity index (χ1) is 11.4. The third-order valence-electron chi connectivity index (χ3n) is 3.61. The zero-order valence-electron chi connectivity index (χ0n) is 13.2. The average molecular weight is 353 g/mol. The molecule has 0 radical (unpaired) electrons. The minimum Gasteiger partial charge on any atom is -0.445 e. The Balaban J connectivity index is 1.98. The molecule has 9 nitrogen and oxygen atoms in total. The molecule has 1 saturated heterocycles. The smallest absolute Gasteiger partial charge is 0.410 e. The highest BCUT2D eigenvalue weighted by Gasteiger charge is 2.33. The van der Waals surface area contributed by atoms with Crippen LogP contribution in [0.15, 0.2) is 35.4 Å². The quantitative estimate of drug-likeness (QED) is 0.490. The van der Waals surface area contributed by atoms with Crippen LogP contribution in [0, 0.1) is 0 Å². The van der Waals surface area contributed by atoms with Crippen molar-refractivity contribution in [2.75, 3.05) is 19.3 Å². The molecule has 1 N–H and O–H groups in total. The van der Waals surface area contributed by atoms with Crippen LogP contribution in [0.4, 0.5) is 4.79 Å². The molecule has 1 amide bonds. The standard InChI is InChI=1S/C14H19N5O4S/c1-24(21,22)17-13-9-19(8-7-12(13)16-18-15)14(20)23-10-11-5-3-2-4-6-11/h2-6,12-13,17H,7-10H2,1H3. The SMILES string of the molecule is CS(=O)(=O)NC1CN(C(=O)OCc2ccccc2)CCC1N=[N+]=[N-]. The van der Waals surface area contributed by atoms with Gasteiger partial charge < -0.3 is 9.64 Å². The van der Waals surface area contributed by atoms with E-state index in [2.05, 4.69) is 14.7 Å². The molecule has 24 heavy (non-hydrogen) atoms. The number of nitrogens with zero attached hydrogens (tertiary/aromatic N) is 4. The number of azide groups is 1. The number of rotatable bonds is 5. The van der Waals surface area contributed by atoms with Crippen molar-refractivity contribution < 1.29 is 17.9 Å². The molecule has 1 aromatic carbocycles. The molecule has 2 rings (SSSR count). The summed E-state index contributed by atoms with van der Waals surface area (Å²) in [6.45, 7) is 0.559. The van der Waals surface area contributed by atoms with Crippen LogP contribution >= 0.6 is 0 Å². The molecule has 0 bridgehead atoms. The van der Waals surface area contributed by atoms with Crippen LogP contribution < -0.4 is 4.72 Å². The number of hydrogen-bond acceptors (Lipinski definition) is 5. The van der Waals surface area contributed by atoms with E-state index in [4.69, 9.17) is 10.3 Å². The van der Waals surface area contributed by atoms with Crippen LogP contribution in [0.2, 0.25) is 0 Å². The molecule has 1 aliphatic heterocycles. The lowest BCUT2D eigenvalue weighted by molar-refractivity contribution is 0.0821. The first-order valence-corrected chi connectivity index (χ1v) is 9.25. The maximum Gasteiger partial charge on any atom is 0.410 e. The van der Waals surface area contributed by atoms with Crippen LogP contribution in [-0.4, -0.2) is 50.8 Å². The summed E-state index contributed by atoms with van der Waals surface area (Å²) in [7, 11) is -3.49. The zero-order chi connectivity index (χ0) is 17.6. The molecule has 2 atom stereocenters. The second-order valence-corrected chi connectivity index (χ2v) is 7.32. The van der Waals surface area contributed by atoms with Crippen LogP contribution in [0.3, 0.4) is 0 Å². The Bertz CT molecular complexity index is 718. The fraction of sp³-hybridized carbons (Fsp3) is 0.500. The van der Waals surface area contributed by atoms with Gasteiger partial charge in [0.15, 0.2) is 0 Å². The van der Waals surface area contributed by atoms with Crippen molar-refractivity contribution in [3.63, 3.8) is 0 Å². The number of nitrogens with one attached hydrogen (secondary N) is 1. The molecule has 0 aromatic heterocycles. The molecule has 1 aromatic rings. The van der Waals surface area contributed by atoms with Crippen molar-refractivity contribution in [2.45, 2.75) is 25.1 Å². The predicted molar refractivity (Wildman–Crippen MR) is 87.5 cm³/mol.